The minimum absolute atomic E-state index is 0.0280. The molecule has 0 aromatic heterocycles. The third-order valence-electron chi connectivity index (χ3n) is 2.75. The van der Waals surface area contributed by atoms with Crippen LogP contribution in [0.2, 0.25) is 0 Å². The van der Waals surface area contributed by atoms with E-state index in [2.05, 4.69) is 4.72 Å². The van der Waals surface area contributed by atoms with Crippen molar-refractivity contribution >= 4 is 10.0 Å². The van der Waals surface area contributed by atoms with Crippen LogP contribution < -0.4 is 4.72 Å². The highest BCUT2D eigenvalue weighted by atomic mass is 32.2. The number of phenolic OH excluding ortho intramolecular Hbond substituents is 1. The summed E-state index contributed by atoms with van der Waals surface area (Å²) in [5.74, 6) is -0.746. The molecule has 108 valence electrons. The maximum Gasteiger partial charge on any atom is 0.240 e. The van der Waals surface area contributed by atoms with Crippen LogP contribution in [0.15, 0.2) is 47.4 Å². The molecule has 7 heteroatoms. The van der Waals surface area contributed by atoms with E-state index in [1.54, 1.807) is 18.2 Å². The van der Waals surface area contributed by atoms with Crippen LogP contribution in [-0.2, 0) is 16.6 Å². The number of phenols is 1. The second kappa shape index (κ2) is 5.91. The highest BCUT2D eigenvalue weighted by Crippen LogP contribution is 2.16. The van der Waals surface area contributed by atoms with Crippen LogP contribution in [0.25, 0.3) is 0 Å². The van der Waals surface area contributed by atoms with Crippen molar-refractivity contribution in [1.29, 1.82) is 5.26 Å². The third kappa shape index (κ3) is 3.56. The average Bonchev–Trinajstić information content (AvgIpc) is 2.46. The Kier molecular flexibility index (Phi) is 4.21. The number of rotatable bonds is 4. The van der Waals surface area contributed by atoms with Gasteiger partial charge in [-0.1, -0.05) is 12.1 Å². The van der Waals surface area contributed by atoms with Crippen molar-refractivity contribution in [1.82, 2.24) is 4.72 Å². The van der Waals surface area contributed by atoms with Crippen molar-refractivity contribution in [2.45, 2.75) is 11.4 Å². The zero-order valence-electron chi connectivity index (χ0n) is 10.7. The van der Waals surface area contributed by atoms with Gasteiger partial charge in [0, 0.05) is 6.54 Å². The molecule has 21 heavy (non-hydrogen) atoms. The number of aromatic hydroxyl groups is 1. The van der Waals surface area contributed by atoms with E-state index in [0.29, 0.717) is 5.56 Å². The summed E-state index contributed by atoms with van der Waals surface area (Å²) in [5, 5.41) is 18.0. The molecular formula is C14H11FN2O3S. The summed E-state index contributed by atoms with van der Waals surface area (Å²) in [7, 11) is -3.87. The van der Waals surface area contributed by atoms with Gasteiger partial charge in [0.15, 0.2) is 0 Å². The maximum atomic E-state index is 13.2. The van der Waals surface area contributed by atoms with Crippen molar-refractivity contribution in [2.75, 3.05) is 0 Å². The number of hydrogen-bond acceptors (Lipinski definition) is 4. The largest absolute Gasteiger partial charge is 0.508 e. The van der Waals surface area contributed by atoms with Crippen LogP contribution in [0.4, 0.5) is 4.39 Å². The highest BCUT2D eigenvalue weighted by Gasteiger charge is 2.16. The molecule has 0 radical (unpaired) electrons. The Morgan fingerprint density at radius 2 is 2.00 bits per heavy atom. The van der Waals surface area contributed by atoms with Gasteiger partial charge in [-0.3, -0.25) is 0 Å². The molecule has 0 saturated heterocycles. The van der Waals surface area contributed by atoms with Crippen molar-refractivity contribution < 1.29 is 17.9 Å². The SMILES string of the molecule is N#Cc1cc(S(=O)(=O)NCc2cccc(O)c2)ccc1F. The zero-order chi connectivity index (χ0) is 15.5. The topological polar surface area (TPSA) is 90.2 Å². The van der Waals surface area contributed by atoms with Crippen molar-refractivity contribution in [2.24, 2.45) is 0 Å². The molecule has 2 N–H and O–H groups in total. The third-order valence-corrected chi connectivity index (χ3v) is 4.14. The first-order chi connectivity index (χ1) is 9.92. The van der Waals surface area contributed by atoms with E-state index in [-0.39, 0.29) is 22.8 Å². The van der Waals surface area contributed by atoms with Crippen LogP contribution >= 0.6 is 0 Å². The summed E-state index contributed by atoms with van der Waals surface area (Å²) in [6.45, 7) is -0.0317. The molecule has 0 unspecified atom stereocenters. The van der Waals surface area contributed by atoms with Gasteiger partial charge >= 0.3 is 0 Å². The summed E-state index contributed by atoms with van der Waals surface area (Å²) in [6.07, 6.45) is 0. The van der Waals surface area contributed by atoms with E-state index in [1.165, 1.54) is 12.1 Å². The van der Waals surface area contributed by atoms with Gasteiger partial charge in [0.2, 0.25) is 10.0 Å². The molecule has 0 aliphatic carbocycles. The van der Waals surface area contributed by atoms with Gasteiger partial charge in [-0.2, -0.15) is 5.26 Å². The normalized spacial score (nSPS) is 11.0. The van der Waals surface area contributed by atoms with Gasteiger partial charge in [-0.25, -0.2) is 17.5 Å². The molecule has 5 nitrogen and oxygen atoms in total. The van der Waals surface area contributed by atoms with E-state index in [4.69, 9.17) is 5.26 Å². The van der Waals surface area contributed by atoms with E-state index in [1.807, 2.05) is 0 Å². The standard InChI is InChI=1S/C14H11FN2O3S/c15-14-5-4-13(7-11(14)8-16)21(19,20)17-9-10-2-1-3-12(18)6-10/h1-7,17-18H,9H2. The predicted molar refractivity (Wildman–Crippen MR) is 73.2 cm³/mol. The quantitative estimate of drug-likeness (QED) is 0.902. The Labute approximate surface area is 121 Å². The molecule has 0 fully saturated rings. The molecule has 0 heterocycles. The van der Waals surface area contributed by atoms with Gasteiger partial charge in [-0.15, -0.1) is 0 Å². The predicted octanol–water partition coefficient (Wildman–Crippen LogP) is 1.88. The molecule has 0 bridgehead atoms. The number of hydrogen-bond donors (Lipinski definition) is 2. The minimum atomic E-state index is -3.87. The second-order valence-corrected chi connectivity index (χ2v) is 6.01. The molecule has 2 aromatic rings. The Bertz CT molecular complexity index is 813. The van der Waals surface area contributed by atoms with E-state index >= 15 is 0 Å². The summed E-state index contributed by atoms with van der Waals surface area (Å²) in [6, 6.07) is 10.7. The van der Waals surface area contributed by atoms with E-state index < -0.39 is 15.8 Å². The van der Waals surface area contributed by atoms with Gasteiger partial charge in [0.1, 0.15) is 17.6 Å². The fourth-order valence-electron chi connectivity index (χ4n) is 1.69. The first-order valence-electron chi connectivity index (χ1n) is 5.89. The first-order valence-corrected chi connectivity index (χ1v) is 7.38. The molecular weight excluding hydrogens is 295 g/mol. The van der Waals surface area contributed by atoms with Crippen molar-refractivity contribution in [3.05, 3.63) is 59.4 Å². The van der Waals surface area contributed by atoms with Crippen LogP contribution in [-0.4, -0.2) is 13.5 Å². The molecule has 0 amide bonds. The summed E-state index contributed by atoms with van der Waals surface area (Å²) in [4.78, 5) is -0.194. The van der Waals surface area contributed by atoms with Gasteiger partial charge in [0.25, 0.3) is 0 Å². The Hall–Kier alpha value is -2.43. The molecule has 0 atom stereocenters. The van der Waals surface area contributed by atoms with Gasteiger partial charge in [-0.05, 0) is 35.9 Å². The summed E-state index contributed by atoms with van der Waals surface area (Å²) in [5.41, 5.74) is 0.233. The molecule has 2 rings (SSSR count). The summed E-state index contributed by atoms with van der Waals surface area (Å²) < 4.78 is 39.6. The fraction of sp³-hybridized carbons (Fsp3) is 0.0714. The van der Waals surface area contributed by atoms with Crippen molar-refractivity contribution in [3.63, 3.8) is 0 Å². The Morgan fingerprint density at radius 3 is 2.67 bits per heavy atom. The number of benzene rings is 2. The van der Waals surface area contributed by atoms with Crippen LogP contribution in [0, 0.1) is 17.1 Å². The monoisotopic (exact) mass is 306 g/mol. The first kappa shape index (κ1) is 15.0. The lowest BCUT2D eigenvalue weighted by atomic mass is 10.2. The number of nitrogens with one attached hydrogen (secondary N) is 1. The second-order valence-electron chi connectivity index (χ2n) is 4.25. The van der Waals surface area contributed by atoms with E-state index in [0.717, 1.165) is 18.2 Å². The lowest BCUT2D eigenvalue weighted by Gasteiger charge is -2.07. The zero-order valence-corrected chi connectivity index (χ0v) is 11.6. The molecule has 0 saturated carbocycles. The lowest BCUT2D eigenvalue weighted by molar-refractivity contribution is 0.474. The summed E-state index contributed by atoms with van der Waals surface area (Å²) >= 11 is 0. The van der Waals surface area contributed by atoms with Gasteiger partial charge in [0.05, 0.1) is 10.5 Å². The molecule has 2 aromatic carbocycles. The van der Waals surface area contributed by atoms with Crippen LogP contribution in [0.3, 0.4) is 0 Å². The molecule has 0 aliphatic rings. The smallest absolute Gasteiger partial charge is 0.240 e. The Balaban J connectivity index is 2.21. The van der Waals surface area contributed by atoms with Gasteiger partial charge < -0.3 is 5.11 Å². The number of nitriles is 1. The van der Waals surface area contributed by atoms with Crippen LogP contribution in [0.1, 0.15) is 11.1 Å². The maximum absolute atomic E-state index is 13.2. The number of halogens is 1. The minimum Gasteiger partial charge on any atom is -0.508 e. The van der Waals surface area contributed by atoms with Crippen LogP contribution in [0.5, 0.6) is 5.75 Å². The lowest BCUT2D eigenvalue weighted by Crippen LogP contribution is -2.23. The Morgan fingerprint density at radius 1 is 1.24 bits per heavy atom. The number of nitrogens with zero attached hydrogens (tertiary/aromatic N) is 1. The highest BCUT2D eigenvalue weighted by molar-refractivity contribution is 7.89. The fourth-order valence-corrected chi connectivity index (χ4v) is 2.73. The molecule has 0 aliphatic heterocycles. The van der Waals surface area contributed by atoms with Crippen molar-refractivity contribution in [3.8, 4) is 11.8 Å². The number of sulfonamides is 1. The average molecular weight is 306 g/mol. The molecule has 0 spiro atoms. The van der Waals surface area contributed by atoms with E-state index in [9.17, 15) is 17.9 Å².